The Bertz CT molecular complexity index is 377. The summed E-state index contributed by atoms with van der Waals surface area (Å²) < 4.78 is 5.77. The lowest BCUT2D eigenvalue weighted by Gasteiger charge is -2.15. The largest absolute Gasteiger partial charge is 0.375 e. The van der Waals surface area contributed by atoms with Gasteiger partial charge in [0, 0.05) is 19.1 Å². The van der Waals surface area contributed by atoms with Crippen LogP contribution in [0, 0.1) is 0 Å². The molecule has 0 saturated heterocycles. The molecule has 1 N–H and O–H groups in total. The van der Waals surface area contributed by atoms with Gasteiger partial charge in [-0.2, -0.15) is 0 Å². The average Bonchev–Trinajstić information content (AvgIpc) is 3.26. The molecule has 1 aliphatic rings. The molecule has 3 heteroatoms. The number of nitrogens with zero attached hydrogens (tertiary/aromatic N) is 1. The molecule has 0 aliphatic heterocycles. The minimum absolute atomic E-state index is 0.721. The van der Waals surface area contributed by atoms with Gasteiger partial charge in [0.05, 0.1) is 13.2 Å². The van der Waals surface area contributed by atoms with Crippen LogP contribution in [-0.2, 0) is 17.9 Å². The molecule has 1 aromatic carbocycles. The predicted molar refractivity (Wildman–Crippen MR) is 79.1 cm³/mol. The van der Waals surface area contributed by atoms with Gasteiger partial charge in [-0.3, -0.25) is 0 Å². The van der Waals surface area contributed by atoms with Crippen molar-refractivity contribution in [3.8, 4) is 0 Å². The van der Waals surface area contributed by atoms with Crippen molar-refractivity contribution in [3.05, 3.63) is 35.4 Å². The normalized spacial score (nSPS) is 15.1. The molecule has 0 amide bonds. The molecule has 1 saturated carbocycles. The van der Waals surface area contributed by atoms with E-state index in [1.165, 1.54) is 24.0 Å². The Hall–Kier alpha value is -0.900. The minimum atomic E-state index is 0.721. The maximum atomic E-state index is 5.77. The summed E-state index contributed by atoms with van der Waals surface area (Å²) in [6.07, 6.45) is 2.73. The van der Waals surface area contributed by atoms with Crippen LogP contribution < -0.4 is 5.32 Å². The first-order valence-electron chi connectivity index (χ1n) is 7.36. The summed E-state index contributed by atoms with van der Waals surface area (Å²) in [5.74, 6) is 0. The Morgan fingerprint density at radius 3 is 2.84 bits per heavy atom. The number of hydrogen-bond donors (Lipinski definition) is 1. The van der Waals surface area contributed by atoms with Gasteiger partial charge in [0.1, 0.15) is 0 Å². The lowest BCUT2D eigenvalue weighted by atomic mass is 10.1. The van der Waals surface area contributed by atoms with Crippen LogP contribution in [0.25, 0.3) is 0 Å². The monoisotopic (exact) mass is 262 g/mol. The highest BCUT2D eigenvalue weighted by Crippen LogP contribution is 2.24. The van der Waals surface area contributed by atoms with Crippen LogP contribution in [0.3, 0.4) is 0 Å². The first-order chi connectivity index (χ1) is 9.29. The van der Waals surface area contributed by atoms with Gasteiger partial charge in [-0.25, -0.2) is 0 Å². The first-order valence-corrected chi connectivity index (χ1v) is 7.36. The van der Waals surface area contributed by atoms with E-state index in [0.29, 0.717) is 0 Å². The zero-order valence-electron chi connectivity index (χ0n) is 12.2. The molecule has 1 fully saturated rings. The van der Waals surface area contributed by atoms with Gasteiger partial charge in [0.2, 0.25) is 0 Å². The third-order valence-corrected chi connectivity index (χ3v) is 3.60. The Balaban J connectivity index is 1.66. The topological polar surface area (TPSA) is 24.5 Å². The second-order valence-electron chi connectivity index (χ2n) is 5.36. The fourth-order valence-corrected chi connectivity index (χ4v) is 2.20. The molecule has 0 heterocycles. The van der Waals surface area contributed by atoms with Gasteiger partial charge in [-0.1, -0.05) is 31.2 Å². The molecule has 3 nitrogen and oxygen atoms in total. The number of hydrogen-bond acceptors (Lipinski definition) is 3. The van der Waals surface area contributed by atoms with Crippen molar-refractivity contribution in [2.75, 3.05) is 26.7 Å². The zero-order chi connectivity index (χ0) is 13.5. The van der Waals surface area contributed by atoms with Gasteiger partial charge >= 0.3 is 0 Å². The van der Waals surface area contributed by atoms with Gasteiger partial charge < -0.3 is 15.0 Å². The van der Waals surface area contributed by atoms with E-state index < -0.39 is 0 Å². The highest BCUT2D eigenvalue weighted by Gasteiger charge is 2.25. The zero-order valence-corrected chi connectivity index (χ0v) is 12.2. The Morgan fingerprint density at radius 2 is 2.11 bits per heavy atom. The second-order valence-corrected chi connectivity index (χ2v) is 5.36. The van der Waals surface area contributed by atoms with Crippen molar-refractivity contribution in [3.63, 3.8) is 0 Å². The number of likely N-dealkylation sites (N-methyl/N-ethyl adjacent to an activating group) is 1. The maximum Gasteiger partial charge on any atom is 0.0717 e. The van der Waals surface area contributed by atoms with E-state index in [0.717, 1.165) is 38.9 Å². The molecule has 0 unspecified atom stereocenters. The standard InChI is InChI=1S/C16H26N2O/c1-3-17-12-14-5-4-6-15(11-14)13-19-10-9-18(2)16-7-8-16/h4-6,11,16-17H,3,7-10,12-13H2,1-2H3. The van der Waals surface area contributed by atoms with E-state index in [-0.39, 0.29) is 0 Å². The van der Waals surface area contributed by atoms with Crippen molar-refractivity contribution in [1.82, 2.24) is 10.2 Å². The van der Waals surface area contributed by atoms with Crippen LogP contribution in [0.1, 0.15) is 30.9 Å². The van der Waals surface area contributed by atoms with Crippen molar-refractivity contribution in [2.45, 2.75) is 39.0 Å². The summed E-state index contributed by atoms with van der Waals surface area (Å²) in [5, 5.41) is 3.35. The average molecular weight is 262 g/mol. The molecule has 0 radical (unpaired) electrons. The smallest absolute Gasteiger partial charge is 0.0717 e. The van der Waals surface area contributed by atoms with E-state index in [2.05, 4.69) is 48.5 Å². The molecule has 0 bridgehead atoms. The van der Waals surface area contributed by atoms with E-state index in [1.807, 2.05) is 0 Å². The maximum absolute atomic E-state index is 5.77. The molecule has 19 heavy (non-hydrogen) atoms. The van der Waals surface area contributed by atoms with E-state index >= 15 is 0 Å². The lowest BCUT2D eigenvalue weighted by molar-refractivity contribution is 0.0978. The van der Waals surface area contributed by atoms with E-state index in [4.69, 9.17) is 4.74 Å². The third kappa shape index (κ3) is 5.31. The van der Waals surface area contributed by atoms with Crippen LogP contribution >= 0.6 is 0 Å². The van der Waals surface area contributed by atoms with Gasteiger partial charge in [0.15, 0.2) is 0 Å². The van der Waals surface area contributed by atoms with E-state index in [9.17, 15) is 0 Å². The fraction of sp³-hybridized carbons (Fsp3) is 0.625. The first kappa shape index (κ1) is 14.5. The van der Waals surface area contributed by atoms with Crippen molar-refractivity contribution in [1.29, 1.82) is 0 Å². The van der Waals surface area contributed by atoms with Crippen LogP contribution in [-0.4, -0.2) is 37.7 Å². The molecule has 0 atom stereocenters. The Morgan fingerprint density at radius 1 is 1.32 bits per heavy atom. The molecular formula is C16H26N2O. The lowest BCUT2D eigenvalue weighted by Crippen LogP contribution is -2.25. The molecule has 1 aromatic rings. The fourth-order valence-electron chi connectivity index (χ4n) is 2.20. The molecule has 0 aromatic heterocycles. The summed E-state index contributed by atoms with van der Waals surface area (Å²) in [7, 11) is 2.19. The summed E-state index contributed by atoms with van der Waals surface area (Å²) in [5.41, 5.74) is 2.60. The predicted octanol–water partition coefficient (Wildman–Crippen LogP) is 2.41. The molecule has 0 spiro atoms. The molecule has 106 valence electrons. The SMILES string of the molecule is CCNCc1cccc(COCCN(C)C2CC2)c1. The van der Waals surface area contributed by atoms with Crippen LogP contribution in [0.2, 0.25) is 0 Å². The summed E-state index contributed by atoms with van der Waals surface area (Å²) in [4.78, 5) is 2.40. The quantitative estimate of drug-likeness (QED) is 0.692. The number of nitrogens with one attached hydrogen (secondary N) is 1. The van der Waals surface area contributed by atoms with Gasteiger partial charge in [-0.05, 0) is 37.6 Å². The van der Waals surface area contributed by atoms with Gasteiger partial charge in [-0.15, -0.1) is 0 Å². The van der Waals surface area contributed by atoms with Crippen molar-refractivity contribution >= 4 is 0 Å². The third-order valence-electron chi connectivity index (χ3n) is 3.60. The van der Waals surface area contributed by atoms with Crippen molar-refractivity contribution in [2.24, 2.45) is 0 Å². The number of ether oxygens (including phenoxy) is 1. The molecule has 1 aliphatic carbocycles. The van der Waals surface area contributed by atoms with Crippen LogP contribution in [0.4, 0.5) is 0 Å². The Labute approximate surface area is 116 Å². The highest BCUT2D eigenvalue weighted by molar-refractivity contribution is 5.22. The summed E-state index contributed by atoms with van der Waals surface area (Å²) >= 11 is 0. The number of rotatable bonds is 9. The van der Waals surface area contributed by atoms with Gasteiger partial charge in [0.25, 0.3) is 0 Å². The molecular weight excluding hydrogens is 236 g/mol. The molecule has 2 rings (SSSR count). The number of benzene rings is 1. The Kier molecular flexibility index (Phi) is 5.83. The van der Waals surface area contributed by atoms with Crippen LogP contribution in [0.15, 0.2) is 24.3 Å². The van der Waals surface area contributed by atoms with E-state index in [1.54, 1.807) is 0 Å². The second kappa shape index (κ2) is 7.63. The van der Waals surface area contributed by atoms with Crippen molar-refractivity contribution < 1.29 is 4.74 Å². The van der Waals surface area contributed by atoms with Crippen LogP contribution in [0.5, 0.6) is 0 Å². The minimum Gasteiger partial charge on any atom is -0.375 e. The highest BCUT2D eigenvalue weighted by atomic mass is 16.5. The summed E-state index contributed by atoms with van der Waals surface area (Å²) in [6, 6.07) is 9.47. The summed E-state index contributed by atoms with van der Waals surface area (Å²) in [6.45, 7) is 6.66.